The standard InChI is InChI=1S/C33H30N2PS/c1-26-18-20-27(21-19-26)34-33(37-2)35-28-22-24-32(25-23-28)36(29-12-6-3-7-13-29,30-14-8-4-9-15-30)31-16-10-5-11-17-31/h3-25H,1-2H3,(H,34,35)/q+1. The maximum absolute atomic E-state index is 4.80. The zero-order valence-electron chi connectivity index (χ0n) is 21.1. The van der Waals surface area contributed by atoms with E-state index in [0.29, 0.717) is 0 Å². The molecule has 5 aromatic rings. The highest BCUT2D eigenvalue weighted by Gasteiger charge is 2.47. The van der Waals surface area contributed by atoms with Gasteiger partial charge in [0, 0.05) is 5.69 Å². The zero-order valence-corrected chi connectivity index (χ0v) is 22.8. The lowest BCUT2D eigenvalue weighted by atomic mass is 10.2. The molecule has 1 N–H and O–H groups in total. The fraction of sp³-hybridized carbons (Fsp3) is 0.0606. The number of hydrogen-bond acceptors (Lipinski definition) is 2. The summed E-state index contributed by atoms with van der Waals surface area (Å²) >= 11 is 1.61. The van der Waals surface area contributed by atoms with Gasteiger partial charge in [0.1, 0.15) is 28.5 Å². The number of anilines is 1. The Hall–Kier alpha value is -3.65. The van der Waals surface area contributed by atoms with Crippen LogP contribution in [0.2, 0.25) is 0 Å². The monoisotopic (exact) mass is 517 g/mol. The van der Waals surface area contributed by atoms with Crippen LogP contribution in [0.25, 0.3) is 0 Å². The Labute approximate surface area is 224 Å². The van der Waals surface area contributed by atoms with E-state index in [4.69, 9.17) is 4.99 Å². The quantitative estimate of drug-likeness (QED) is 0.148. The van der Waals surface area contributed by atoms with Crippen LogP contribution >= 0.6 is 19.0 Å². The van der Waals surface area contributed by atoms with Crippen molar-refractivity contribution in [3.05, 3.63) is 145 Å². The number of aliphatic imine (C=N–C) groups is 1. The number of benzene rings is 5. The minimum absolute atomic E-state index is 0.867. The summed E-state index contributed by atoms with van der Waals surface area (Å²) in [7, 11) is -2.09. The number of hydrogen-bond donors (Lipinski definition) is 1. The largest absolute Gasteiger partial charge is 0.335 e. The van der Waals surface area contributed by atoms with Gasteiger partial charge in [0.25, 0.3) is 0 Å². The van der Waals surface area contributed by atoms with Crippen LogP contribution in [-0.4, -0.2) is 11.4 Å². The predicted molar refractivity (Wildman–Crippen MR) is 167 cm³/mol. The van der Waals surface area contributed by atoms with Gasteiger partial charge in [-0.1, -0.05) is 84.1 Å². The molecule has 0 heterocycles. The first kappa shape index (κ1) is 25.0. The van der Waals surface area contributed by atoms with E-state index in [1.54, 1.807) is 11.8 Å². The Balaban J connectivity index is 1.59. The van der Waals surface area contributed by atoms with Crippen molar-refractivity contribution in [3.63, 3.8) is 0 Å². The molecule has 0 aliphatic heterocycles. The molecular weight excluding hydrogens is 487 g/mol. The number of nitrogens with zero attached hydrogens (tertiary/aromatic N) is 1. The van der Waals surface area contributed by atoms with E-state index in [1.807, 2.05) is 6.26 Å². The Morgan fingerprint density at radius 3 is 1.43 bits per heavy atom. The molecular formula is C33H30N2PS+. The predicted octanol–water partition coefficient (Wildman–Crippen LogP) is 7.08. The highest BCUT2D eigenvalue weighted by molar-refractivity contribution is 8.13. The average Bonchev–Trinajstić information content (AvgIpc) is 2.97. The molecule has 2 nitrogen and oxygen atoms in total. The fourth-order valence-electron chi connectivity index (χ4n) is 4.60. The summed E-state index contributed by atoms with van der Waals surface area (Å²) in [4.78, 5) is 4.80. The van der Waals surface area contributed by atoms with Crippen LogP contribution in [0.3, 0.4) is 0 Å². The lowest BCUT2D eigenvalue weighted by Gasteiger charge is -2.27. The van der Waals surface area contributed by atoms with Gasteiger partial charge in [-0.3, -0.25) is 0 Å². The molecule has 0 amide bonds. The molecule has 0 radical (unpaired) electrons. The van der Waals surface area contributed by atoms with Gasteiger partial charge in [-0.2, -0.15) is 0 Å². The lowest BCUT2D eigenvalue weighted by Crippen LogP contribution is -2.38. The van der Waals surface area contributed by atoms with Crippen molar-refractivity contribution in [2.24, 2.45) is 4.99 Å². The van der Waals surface area contributed by atoms with Gasteiger partial charge >= 0.3 is 0 Å². The molecule has 0 bridgehead atoms. The maximum atomic E-state index is 4.80. The van der Waals surface area contributed by atoms with Crippen LogP contribution in [0, 0.1) is 6.92 Å². The summed E-state index contributed by atoms with van der Waals surface area (Å²) in [6.07, 6.45) is 2.05. The molecule has 0 unspecified atom stereocenters. The van der Waals surface area contributed by atoms with Gasteiger partial charge in [-0.15, -0.1) is 0 Å². The van der Waals surface area contributed by atoms with Gasteiger partial charge in [-0.25, -0.2) is 4.99 Å². The molecule has 0 saturated carbocycles. The second kappa shape index (κ2) is 11.6. The van der Waals surface area contributed by atoms with Crippen LogP contribution in [0.15, 0.2) is 145 Å². The highest BCUT2D eigenvalue weighted by Crippen LogP contribution is 2.54. The summed E-state index contributed by atoms with van der Waals surface area (Å²) in [5.41, 5.74) is 3.20. The van der Waals surface area contributed by atoms with Crippen molar-refractivity contribution in [3.8, 4) is 0 Å². The van der Waals surface area contributed by atoms with Crippen molar-refractivity contribution < 1.29 is 0 Å². The van der Waals surface area contributed by atoms with E-state index in [2.05, 4.69) is 152 Å². The first-order valence-electron chi connectivity index (χ1n) is 12.3. The van der Waals surface area contributed by atoms with Gasteiger partial charge in [-0.05, 0) is 86.0 Å². The van der Waals surface area contributed by atoms with E-state index in [9.17, 15) is 0 Å². The molecule has 37 heavy (non-hydrogen) atoms. The van der Waals surface area contributed by atoms with Crippen molar-refractivity contribution in [1.29, 1.82) is 0 Å². The number of thioether (sulfide) groups is 1. The van der Waals surface area contributed by atoms with Gasteiger partial charge in [0.2, 0.25) is 0 Å². The number of nitrogens with one attached hydrogen (secondary N) is 1. The van der Waals surface area contributed by atoms with Crippen LogP contribution in [0.1, 0.15) is 5.56 Å². The maximum Gasteiger partial charge on any atom is 0.165 e. The fourth-order valence-corrected chi connectivity index (χ4v) is 9.26. The summed E-state index contributed by atoms with van der Waals surface area (Å²) < 4.78 is 0. The van der Waals surface area contributed by atoms with E-state index in [-0.39, 0.29) is 0 Å². The lowest BCUT2D eigenvalue weighted by molar-refractivity contribution is 1.43. The number of aryl methyl sites for hydroxylation is 1. The van der Waals surface area contributed by atoms with E-state index in [1.165, 1.54) is 26.8 Å². The smallest absolute Gasteiger partial charge is 0.165 e. The molecule has 0 aliphatic carbocycles. The van der Waals surface area contributed by atoms with Gasteiger partial charge in [0.15, 0.2) is 5.17 Å². The van der Waals surface area contributed by atoms with E-state index < -0.39 is 7.26 Å². The Morgan fingerprint density at radius 2 is 1.00 bits per heavy atom. The van der Waals surface area contributed by atoms with Crippen LogP contribution < -0.4 is 26.5 Å². The molecule has 0 fully saturated rings. The highest BCUT2D eigenvalue weighted by atomic mass is 32.2. The summed E-state index contributed by atoms with van der Waals surface area (Å²) in [6, 6.07) is 50.1. The molecule has 0 atom stereocenters. The first-order chi connectivity index (χ1) is 18.2. The van der Waals surface area contributed by atoms with Gasteiger partial charge < -0.3 is 5.32 Å². The molecule has 5 rings (SSSR count). The Bertz CT molecular complexity index is 1350. The summed E-state index contributed by atoms with van der Waals surface area (Å²) in [5, 5.41) is 9.74. The Kier molecular flexibility index (Phi) is 7.84. The molecule has 5 aromatic carbocycles. The van der Waals surface area contributed by atoms with Gasteiger partial charge in [0.05, 0.1) is 5.69 Å². The minimum Gasteiger partial charge on any atom is -0.335 e. The molecule has 0 aromatic heterocycles. The third kappa shape index (κ3) is 5.39. The van der Waals surface area contributed by atoms with Crippen molar-refractivity contribution in [1.82, 2.24) is 0 Å². The van der Waals surface area contributed by atoms with E-state index in [0.717, 1.165) is 16.5 Å². The second-order valence-corrected chi connectivity index (χ2v) is 13.0. The second-order valence-electron chi connectivity index (χ2n) is 8.81. The third-order valence-corrected chi connectivity index (χ3v) is 11.3. The van der Waals surface area contributed by atoms with Crippen molar-refractivity contribution in [2.75, 3.05) is 11.6 Å². The van der Waals surface area contributed by atoms with Crippen molar-refractivity contribution in [2.45, 2.75) is 6.92 Å². The number of rotatable bonds is 6. The van der Waals surface area contributed by atoms with E-state index >= 15 is 0 Å². The molecule has 4 heteroatoms. The van der Waals surface area contributed by atoms with Crippen LogP contribution in [0.5, 0.6) is 0 Å². The topological polar surface area (TPSA) is 24.4 Å². The molecule has 0 aliphatic rings. The molecule has 182 valence electrons. The van der Waals surface area contributed by atoms with Crippen molar-refractivity contribution >= 4 is 56.8 Å². The average molecular weight is 518 g/mol. The normalized spacial score (nSPS) is 11.8. The van der Waals surface area contributed by atoms with Crippen LogP contribution in [-0.2, 0) is 0 Å². The Morgan fingerprint density at radius 1 is 0.568 bits per heavy atom. The first-order valence-corrected chi connectivity index (χ1v) is 15.3. The molecule has 0 spiro atoms. The third-order valence-electron chi connectivity index (χ3n) is 6.39. The minimum atomic E-state index is -2.09. The van der Waals surface area contributed by atoms with Crippen LogP contribution in [0.4, 0.5) is 11.4 Å². The summed E-state index contributed by atoms with van der Waals surface area (Å²) in [6.45, 7) is 2.09. The SMILES string of the molecule is CSC(=Nc1ccc(C)cc1)Nc1ccc([P+](c2ccccc2)(c2ccccc2)c2ccccc2)cc1. The zero-order chi connectivity index (χ0) is 25.5. The summed E-state index contributed by atoms with van der Waals surface area (Å²) in [5.74, 6) is 0. The number of amidine groups is 1. The molecule has 0 saturated heterocycles.